The number of aliphatic imine (C=N–C) groups is 1. The molecule has 0 aliphatic rings. The number of allylic oxidation sites excluding steroid dienone is 1. The fourth-order valence-corrected chi connectivity index (χ4v) is 1.01. The van der Waals surface area contributed by atoms with Crippen LogP contribution < -0.4 is 5.73 Å². The topological polar surface area (TPSA) is 38.4 Å². The van der Waals surface area contributed by atoms with E-state index in [2.05, 4.69) is 25.8 Å². The molecule has 0 unspecified atom stereocenters. The summed E-state index contributed by atoms with van der Waals surface area (Å²) < 4.78 is 0. The standard InChI is InChI=1S/C11H22N2/c1-4-5-6-7-13-9-11(8-12)10(2)3/h8-10H,4-7,12H2,1-3H3/b11-8+,13-9?. The Kier molecular flexibility index (Phi) is 7.36. The molecule has 0 spiro atoms. The lowest BCUT2D eigenvalue weighted by Crippen LogP contribution is -1.99. The minimum atomic E-state index is 0.472. The Bertz CT molecular complexity index is 169. The van der Waals surface area contributed by atoms with Crippen LogP contribution >= 0.6 is 0 Å². The van der Waals surface area contributed by atoms with Crippen LogP contribution in [0.3, 0.4) is 0 Å². The molecule has 0 saturated heterocycles. The zero-order chi connectivity index (χ0) is 10.1. The van der Waals surface area contributed by atoms with Crippen LogP contribution in [0.2, 0.25) is 0 Å². The van der Waals surface area contributed by atoms with Gasteiger partial charge < -0.3 is 5.73 Å². The van der Waals surface area contributed by atoms with E-state index in [-0.39, 0.29) is 0 Å². The first-order valence-corrected chi connectivity index (χ1v) is 5.14. The molecule has 0 radical (unpaired) electrons. The summed E-state index contributed by atoms with van der Waals surface area (Å²) in [5.74, 6) is 0.472. The van der Waals surface area contributed by atoms with Crippen molar-refractivity contribution < 1.29 is 0 Å². The average Bonchev–Trinajstić information content (AvgIpc) is 2.10. The smallest absolute Gasteiger partial charge is 0.0389 e. The Balaban J connectivity index is 3.69. The molecule has 0 aromatic rings. The highest BCUT2D eigenvalue weighted by atomic mass is 14.7. The van der Waals surface area contributed by atoms with E-state index < -0.39 is 0 Å². The van der Waals surface area contributed by atoms with Gasteiger partial charge in [-0.1, -0.05) is 33.6 Å². The van der Waals surface area contributed by atoms with Gasteiger partial charge in [0.1, 0.15) is 0 Å². The van der Waals surface area contributed by atoms with Crippen LogP contribution in [-0.2, 0) is 0 Å². The predicted octanol–water partition coefficient (Wildman–Crippen LogP) is 2.75. The van der Waals surface area contributed by atoms with Crippen molar-refractivity contribution in [3.05, 3.63) is 11.8 Å². The van der Waals surface area contributed by atoms with Crippen LogP contribution in [0.25, 0.3) is 0 Å². The number of unbranched alkanes of at least 4 members (excludes halogenated alkanes) is 2. The van der Waals surface area contributed by atoms with Gasteiger partial charge in [0.2, 0.25) is 0 Å². The Morgan fingerprint density at radius 2 is 2.08 bits per heavy atom. The van der Waals surface area contributed by atoms with Crippen LogP contribution in [0, 0.1) is 5.92 Å². The Labute approximate surface area is 81.9 Å². The molecule has 13 heavy (non-hydrogen) atoms. The second-order valence-corrected chi connectivity index (χ2v) is 3.56. The molecule has 0 aromatic carbocycles. The van der Waals surface area contributed by atoms with Gasteiger partial charge in [0, 0.05) is 12.8 Å². The minimum Gasteiger partial charge on any atom is -0.404 e. The monoisotopic (exact) mass is 182 g/mol. The first-order valence-electron chi connectivity index (χ1n) is 5.14. The van der Waals surface area contributed by atoms with Crippen LogP contribution in [0.5, 0.6) is 0 Å². The normalized spacial score (nSPS) is 13.1. The molecule has 0 fully saturated rings. The van der Waals surface area contributed by atoms with E-state index in [1.807, 2.05) is 6.21 Å². The largest absolute Gasteiger partial charge is 0.404 e. The summed E-state index contributed by atoms with van der Waals surface area (Å²) >= 11 is 0. The van der Waals surface area contributed by atoms with Crippen molar-refractivity contribution >= 4 is 6.21 Å². The quantitative estimate of drug-likeness (QED) is 0.498. The summed E-state index contributed by atoms with van der Waals surface area (Å²) in [5.41, 5.74) is 6.58. The fraction of sp³-hybridized carbons (Fsp3) is 0.727. The molecule has 0 bridgehead atoms. The van der Waals surface area contributed by atoms with E-state index in [9.17, 15) is 0 Å². The Morgan fingerprint density at radius 3 is 2.54 bits per heavy atom. The van der Waals surface area contributed by atoms with Gasteiger partial charge >= 0.3 is 0 Å². The summed E-state index contributed by atoms with van der Waals surface area (Å²) in [6, 6.07) is 0. The highest BCUT2D eigenvalue weighted by Gasteiger charge is 1.97. The molecular formula is C11H22N2. The minimum absolute atomic E-state index is 0.472. The molecule has 0 amide bonds. The number of hydrogen-bond acceptors (Lipinski definition) is 2. The Morgan fingerprint density at radius 1 is 1.38 bits per heavy atom. The Hall–Kier alpha value is -0.790. The predicted molar refractivity (Wildman–Crippen MR) is 60.0 cm³/mol. The van der Waals surface area contributed by atoms with E-state index in [4.69, 9.17) is 5.73 Å². The van der Waals surface area contributed by atoms with Gasteiger partial charge in [0.25, 0.3) is 0 Å². The van der Waals surface area contributed by atoms with Gasteiger partial charge in [0.15, 0.2) is 0 Å². The van der Waals surface area contributed by atoms with Crippen LogP contribution in [0.4, 0.5) is 0 Å². The van der Waals surface area contributed by atoms with Gasteiger partial charge in [-0.05, 0) is 24.1 Å². The third-order valence-corrected chi connectivity index (χ3v) is 1.99. The van der Waals surface area contributed by atoms with Crippen molar-refractivity contribution in [2.24, 2.45) is 16.6 Å². The first-order chi connectivity index (χ1) is 6.22. The summed E-state index contributed by atoms with van der Waals surface area (Å²) in [6.45, 7) is 7.37. The molecule has 2 N–H and O–H groups in total. The maximum Gasteiger partial charge on any atom is 0.0389 e. The van der Waals surface area contributed by atoms with Crippen molar-refractivity contribution in [2.45, 2.75) is 40.0 Å². The maximum atomic E-state index is 5.46. The third kappa shape index (κ3) is 6.38. The van der Waals surface area contributed by atoms with Crippen molar-refractivity contribution in [3.63, 3.8) is 0 Å². The summed E-state index contributed by atoms with van der Waals surface area (Å²) in [5, 5.41) is 0. The molecule has 2 nitrogen and oxygen atoms in total. The molecule has 0 aromatic heterocycles. The van der Waals surface area contributed by atoms with Gasteiger partial charge in [-0.2, -0.15) is 0 Å². The maximum absolute atomic E-state index is 5.46. The number of nitrogens with zero attached hydrogens (tertiary/aromatic N) is 1. The highest BCUT2D eigenvalue weighted by molar-refractivity contribution is 5.78. The van der Waals surface area contributed by atoms with Crippen LogP contribution in [0.15, 0.2) is 16.8 Å². The lowest BCUT2D eigenvalue weighted by molar-refractivity contribution is 0.727. The van der Waals surface area contributed by atoms with E-state index in [0.717, 1.165) is 12.1 Å². The summed E-state index contributed by atoms with van der Waals surface area (Å²) in [6.07, 6.45) is 7.25. The SMILES string of the molecule is CCCCCN=C/C(=C\N)C(C)C. The lowest BCUT2D eigenvalue weighted by Gasteiger charge is -2.03. The highest BCUT2D eigenvalue weighted by Crippen LogP contribution is 2.04. The molecule has 0 saturated carbocycles. The molecule has 0 heterocycles. The molecule has 2 heteroatoms. The van der Waals surface area contributed by atoms with Gasteiger partial charge in [0.05, 0.1) is 0 Å². The third-order valence-electron chi connectivity index (χ3n) is 1.99. The van der Waals surface area contributed by atoms with Crippen molar-refractivity contribution in [3.8, 4) is 0 Å². The molecular weight excluding hydrogens is 160 g/mol. The zero-order valence-corrected chi connectivity index (χ0v) is 9.09. The molecule has 0 aliphatic carbocycles. The fourth-order valence-electron chi connectivity index (χ4n) is 1.01. The summed E-state index contributed by atoms with van der Waals surface area (Å²) in [4.78, 5) is 4.33. The average molecular weight is 182 g/mol. The first kappa shape index (κ1) is 12.2. The van der Waals surface area contributed by atoms with Gasteiger partial charge in [-0.3, -0.25) is 4.99 Å². The van der Waals surface area contributed by atoms with Crippen molar-refractivity contribution in [1.29, 1.82) is 0 Å². The lowest BCUT2D eigenvalue weighted by atomic mass is 10.1. The number of hydrogen-bond donors (Lipinski definition) is 1. The van der Waals surface area contributed by atoms with E-state index in [1.165, 1.54) is 19.3 Å². The van der Waals surface area contributed by atoms with Crippen molar-refractivity contribution in [1.82, 2.24) is 0 Å². The molecule has 0 rings (SSSR count). The number of rotatable bonds is 6. The second-order valence-electron chi connectivity index (χ2n) is 3.56. The second kappa shape index (κ2) is 7.84. The van der Waals surface area contributed by atoms with Crippen LogP contribution in [0.1, 0.15) is 40.0 Å². The zero-order valence-electron chi connectivity index (χ0n) is 9.09. The van der Waals surface area contributed by atoms with E-state index in [0.29, 0.717) is 5.92 Å². The van der Waals surface area contributed by atoms with E-state index in [1.54, 1.807) is 6.20 Å². The van der Waals surface area contributed by atoms with E-state index >= 15 is 0 Å². The number of nitrogens with two attached hydrogens (primary N) is 1. The molecule has 0 aliphatic heterocycles. The van der Waals surface area contributed by atoms with Crippen molar-refractivity contribution in [2.75, 3.05) is 6.54 Å². The summed E-state index contributed by atoms with van der Waals surface area (Å²) in [7, 11) is 0. The molecule has 76 valence electrons. The molecule has 0 atom stereocenters. The van der Waals surface area contributed by atoms with Gasteiger partial charge in [-0.25, -0.2) is 0 Å². The van der Waals surface area contributed by atoms with Crippen LogP contribution in [-0.4, -0.2) is 12.8 Å². The van der Waals surface area contributed by atoms with Gasteiger partial charge in [-0.15, -0.1) is 0 Å².